The zero-order valence-corrected chi connectivity index (χ0v) is 19.1. The fourth-order valence-electron chi connectivity index (χ4n) is 4.94. The number of fused-ring (bicyclic) bond motifs is 2. The molecule has 1 heterocycles. The van der Waals surface area contributed by atoms with Crippen LogP contribution in [0.3, 0.4) is 0 Å². The van der Waals surface area contributed by atoms with Crippen molar-refractivity contribution in [3.63, 3.8) is 0 Å². The molecule has 7 heteroatoms. The van der Waals surface area contributed by atoms with Crippen LogP contribution in [-0.2, 0) is 21.1 Å². The summed E-state index contributed by atoms with van der Waals surface area (Å²) in [5, 5.41) is 15.9. The zero-order chi connectivity index (χ0) is 22.7. The monoisotopic (exact) mass is 451 g/mol. The van der Waals surface area contributed by atoms with Gasteiger partial charge < -0.3 is 10.6 Å². The van der Waals surface area contributed by atoms with E-state index in [-0.39, 0.29) is 11.9 Å². The first kappa shape index (κ1) is 22.5. The Kier molecular flexibility index (Phi) is 6.63. The van der Waals surface area contributed by atoms with Crippen LogP contribution in [0.1, 0.15) is 31.2 Å². The van der Waals surface area contributed by atoms with Crippen LogP contribution in [0.4, 0.5) is 0 Å². The van der Waals surface area contributed by atoms with Gasteiger partial charge in [0, 0.05) is 12.7 Å². The molecule has 0 spiro atoms. The first-order valence-corrected chi connectivity index (χ1v) is 13.1. The molecule has 1 amide bonds. The fraction of sp³-hybridized carbons (Fsp3) is 0.440. The van der Waals surface area contributed by atoms with E-state index in [2.05, 4.69) is 16.7 Å². The summed E-state index contributed by atoms with van der Waals surface area (Å²) in [5.41, 5.74) is 2.84. The Morgan fingerprint density at radius 1 is 1.12 bits per heavy atom. The quantitative estimate of drug-likeness (QED) is 0.703. The largest absolute Gasteiger partial charge is 0.339 e. The van der Waals surface area contributed by atoms with E-state index in [0.717, 1.165) is 36.1 Å². The van der Waals surface area contributed by atoms with Crippen molar-refractivity contribution in [2.45, 2.75) is 49.1 Å². The molecule has 2 bridgehead atoms. The van der Waals surface area contributed by atoms with E-state index in [1.54, 1.807) is 24.3 Å². The number of hydrogen-bond acceptors (Lipinski definition) is 5. The number of amides is 1. The van der Waals surface area contributed by atoms with Crippen LogP contribution in [0.5, 0.6) is 0 Å². The summed E-state index contributed by atoms with van der Waals surface area (Å²) in [7, 11) is -3.22. The van der Waals surface area contributed by atoms with Crippen molar-refractivity contribution in [1.82, 2.24) is 10.6 Å². The molecule has 1 aliphatic carbocycles. The summed E-state index contributed by atoms with van der Waals surface area (Å²) in [6, 6.07) is 16.0. The number of carbonyl (C=O) groups is 1. The van der Waals surface area contributed by atoms with Crippen molar-refractivity contribution in [3.8, 4) is 17.2 Å². The third kappa shape index (κ3) is 5.20. The second-order valence-corrected chi connectivity index (χ2v) is 11.1. The molecular formula is C25H29N3O3S. The SMILES string of the molecule is CS(=O)(=O)c1ccc(-c2ccc(CC(C#N)NC(=O)C3NCC4CCCC3C4)cc2)cc1. The number of rotatable bonds is 6. The van der Waals surface area contributed by atoms with Crippen molar-refractivity contribution < 1.29 is 13.2 Å². The van der Waals surface area contributed by atoms with Crippen LogP contribution in [0, 0.1) is 23.2 Å². The Morgan fingerprint density at radius 3 is 2.41 bits per heavy atom. The number of sulfone groups is 1. The van der Waals surface area contributed by atoms with Gasteiger partial charge in [0.1, 0.15) is 6.04 Å². The molecule has 168 valence electrons. The molecule has 1 saturated heterocycles. The summed E-state index contributed by atoms with van der Waals surface area (Å²) >= 11 is 0. The van der Waals surface area contributed by atoms with E-state index in [1.165, 1.54) is 19.1 Å². The predicted octanol–water partition coefficient (Wildman–Crippen LogP) is 3.09. The molecule has 32 heavy (non-hydrogen) atoms. The van der Waals surface area contributed by atoms with Crippen molar-refractivity contribution in [1.29, 1.82) is 5.26 Å². The van der Waals surface area contributed by atoms with Crippen LogP contribution in [0.2, 0.25) is 0 Å². The predicted molar refractivity (Wildman–Crippen MR) is 123 cm³/mol. The second kappa shape index (κ2) is 9.43. The van der Waals surface area contributed by atoms with Gasteiger partial charge in [-0.15, -0.1) is 0 Å². The minimum atomic E-state index is -3.22. The normalized spacial score (nSPS) is 23.7. The molecule has 0 radical (unpaired) electrons. The maximum Gasteiger partial charge on any atom is 0.238 e. The smallest absolute Gasteiger partial charge is 0.238 e. The van der Waals surface area contributed by atoms with E-state index in [9.17, 15) is 18.5 Å². The van der Waals surface area contributed by atoms with Gasteiger partial charge >= 0.3 is 0 Å². The lowest BCUT2D eigenvalue weighted by molar-refractivity contribution is -0.126. The lowest BCUT2D eigenvalue weighted by Gasteiger charge is -2.40. The number of hydrogen-bond donors (Lipinski definition) is 2. The lowest BCUT2D eigenvalue weighted by atomic mass is 9.74. The van der Waals surface area contributed by atoms with Crippen molar-refractivity contribution >= 4 is 15.7 Å². The van der Waals surface area contributed by atoms with Crippen LogP contribution in [0.25, 0.3) is 11.1 Å². The third-order valence-electron chi connectivity index (χ3n) is 6.69. The maximum atomic E-state index is 12.8. The summed E-state index contributed by atoms with van der Waals surface area (Å²) in [6.45, 7) is 0.887. The van der Waals surface area contributed by atoms with Crippen LogP contribution in [-0.4, -0.2) is 39.2 Å². The highest BCUT2D eigenvalue weighted by Gasteiger charge is 2.37. The molecule has 4 unspecified atom stereocenters. The highest BCUT2D eigenvalue weighted by molar-refractivity contribution is 7.90. The minimum absolute atomic E-state index is 0.0653. The number of nitrogens with one attached hydrogen (secondary N) is 2. The van der Waals surface area contributed by atoms with E-state index in [0.29, 0.717) is 23.2 Å². The first-order valence-electron chi connectivity index (χ1n) is 11.2. The Labute approximate surface area is 190 Å². The van der Waals surface area contributed by atoms with Gasteiger partial charge in [0.15, 0.2) is 9.84 Å². The molecule has 2 aliphatic rings. The average Bonchev–Trinajstić information content (AvgIpc) is 2.79. The topological polar surface area (TPSA) is 99.1 Å². The van der Waals surface area contributed by atoms with Crippen LogP contribution < -0.4 is 10.6 Å². The molecule has 6 nitrogen and oxygen atoms in total. The summed E-state index contributed by atoms with van der Waals surface area (Å²) in [6.07, 6.45) is 6.25. The highest BCUT2D eigenvalue weighted by Crippen LogP contribution is 2.34. The number of nitrogens with zero attached hydrogens (tertiary/aromatic N) is 1. The molecule has 1 aliphatic heterocycles. The Bertz CT molecular complexity index is 1100. The Morgan fingerprint density at radius 2 is 1.78 bits per heavy atom. The van der Waals surface area contributed by atoms with E-state index < -0.39 is 15.9 Å². The summed E-state index contributed by atoms with van der Waals surface area (Å²) in [5.74, 6) is 0.991. The van der Waals surface area contributed by atoms with Crippen LogP contribution >= 0.6 is 0 Å². The van der Waals surface area contributed by atoms with E-state index in [4.69, 9.17) is 0 Å². The standard InChI is InChI=1S/C25H29N3O3S/c1-32(30,31)23-11-9-20(10-12-23)19-7-5-17(6-8-19)14-22(15-26)28-25(29)24-21-4-2-3-18(13-21)16-27-24/h5-12,18,21-22,24,27H,2-4,13-14,16H2,1H3,(H,28,29). The van der Waals surface area contributed by atoms with Gasteiger partial charge in [0.25, 0.3) is 0 Å². The van der Waals surface area contributed by atoms with Crippen molar-refractivity contribution in [3.05, 3.63) is 54.1 Å². The molecule has 1 saturated carbocycles. The molecule has 0 aromatic heterocycles. The summed E-state index contributed by atoms with van der Waals surface area (Å²) < 4.78 is 23.3. The van der Waals surface area contributed by atoms with Gasteiger partial charge in [-0.05, 0) is 66.5 Å². The molecule has 2 fully saturated rings. The van der Waals surface area contributed by atoms with Gasteiger partial charge in [-0.3, -0.25) is 4.79 Å². The number of benzene rings is 2. The van der Waals surface area contributed by atoms with E-state index >= 15 is 0 Å². The van der Waals surface area contributed by atoms with Gasteiger partial charge in [0.05, 0.1) is 17.0 Å². The Balaban J connectivity index is 1.37. The number of carbonyl (C=O) groups excluding carboxylic acids is 1. The zero-order valence-electron chi connectivity index (χ0n) is 18.3. The molecule has 4 rings (SSSR count). The van der Waals surface area contributed by atoms with E-state index in [1.807, 2.05) is 24.3 Å². The molecule has 2 N–H and O–H groups in total. The first-order chi connectivity index (χ1) is 15.3. The number of nitriles is 1. The molecule has 2 aromatic rings. The van der Waals surface area contributed by atoms with Crippen molar-refractivity contribution in [2.24, 2.45) is 11.8 Å². The fourth-order valence-corrected chi connectivity index (χ4v) is 5.57. The molecule has 2 aromatic carbocycles. The maximum absolute atomic E-state index is 12.8. The third-order valence-corrected chi connectivity index (χ3v) is 7.81. The molecular weight excluding hydrogens is 422 g/mol. The van der Waals surface area contributed by atoms with Gasteiger partial charge in [0.2, 0.25) is 5.91 Å². The van der Waals surface area contributed by atoms with Gasteiger partial charge in [-0.25, -0.2) is 8.42 Å². The molecule has 4 atom stereocenters. The highest BCUT2D eigenvalue weighted by atomic mass is 32.2. The lowest BCUT2D eigenvalue weighted by Crippen LogP contribution is -2.56. The second-order valence-electron chi connectivity index (χ2n) is 9.07. The minimum Gasteiger partial charge on any atom is -0.339 e. The van der Waals surface area contributed by atoms with Gasteiger partial charge in [-0.2, -0.15) is 5.26 Å². The number of piperidine rings is 1. The summed E-state index contributed by atoms with van der Waals surface area (Å²) in [4.78, 5) is 13.1. The average molecular weight is 452 g/mol. The van der Waals surface area contributed by atoms with Crippen LogP contribution in [0.15, 0.2) is 53.4 Å². The van der Waals surface area contributed by atoms with Gasteiger partial charge in [-0.1, -0.05) is 42.8 Å². The Hall–Kier alpha value is -2.69. The van der Waals surface area contributed by atoms with Crippen molar-refractivity contribution in [2.75, 3.05) is 12.8 Å².